The average molecular weight is 394 g/mol. The van der Waals surface area contributed by atoms with Gasteiger partial charge in [0.25, 0.3) is 0 Å². The molecule has 1 amide bonds. The maximum absolute atomic E-state index is 12.3. The van der Waals surface area contributed by atoms with E-state index in [0.29, 0.717) is 6.42 Å². The second-order valence-corrected chi connectivity index (χ2v) is 7.82. The number of amides is 1. The number of aromatic nitrogens is 1. The highest BCUT2D eigenvalue weighted by molar-refractivity contribution is 7.09. The summed E-state index contributed by atoms with van der Waals surface area (Å²) >= 11 is 1.64. The highest BCUT2D eigenvalue weighted by Crippen LogP contribution is 2.23. The SMILES string of the molecule is O=C(Cc1csc(CN2CCCC2)n1)Nc1ccc(Oc2ccccc2)cc1. The van der Waals surface area contributed by atoms with E-state index in [4.69, 9.17) is 4.74 Å². The lowest BCUT2D eigenvalue weighted by Gasteiger charge is -2.11. The number of likely N-dealkylation sites (tertiary alicyclic amines) is 1. The summed E-state index contributed by atoms with van der Waals surface area (Å²) in [6, 6.07) is 17.0. The molecule has 0 bridgehead atoms. The number of carbonyl (C=O) groups is 1. The van der Waals surface area contributed by atoms with Crippen LogP contribution in [-0.2, 0) is 17.8 Å². The van der Waals surface area contributed by atoms with Crippen molar-refractivity contribution in [1.82, 2.24) is 9.88 Å². The van der Waals surface area contributed by atoms with Crippen molar-refractivity contribution in [3.63, 3.8) is 0 Å². The van der Waals surface area contributed by atoms with E-state index in [2.05, 4.69) is 15.2 Å². The number of anilines is 1. The van der Waals surface area contributed by atoms with Gasteiger partial charge >= 0.3 is 0 Å². The third-order valence-corrected chi connectivity index (χ3v) is 5.50. The van der Waals surface area contributed by atoms with E-state index in [9.17, 15) is 4.79 Å². The fourth-order valence-corrected chi connectivity index (χ4v) is 4.07. The second kappa shape index (κ2) is 8.99. The molecule has 3 aromatic rings. The minimum Gasteiger partial charge on any atom is -0.457 e. The summed E-state index contributed by atoms with van der Waals surface area (Å²) in [7, 11) is 0. The largest absolute Gasteiger partial charge is 0.457 e. The molecule has 1 fully saturated rings. The molecule has 0 spiro atoms. The Morgan fingerprint density at radius 2 is 1.75 bits per heavy atom. The molecule has 1 saturated heterocycles. The van der Waals surface area contributed by atoms with Crippen LogP contribution in [0.25, 0.3) is 0 Å². The van der Waals surface area contributed by atoms with Gasteiger partial charge in [0.2, 0.25) is 5.91 Å². The van der Waals surface area contributed by atoms with Crippen molar-refractivity contribution in [2.24, 2.45) is 0 Å². The molecule has 1 aliphatic heterocycles. The fourth-order valence-electron chi connectivity index (χ4n) is 3.24. The van der Waals surface area contributed by atoms with Crippen LogP contribution in [0.1, 0.15) is 23.5 Å². The summed E-state index contributed by atoms with van der Waals surface area (Å²) < 4.78 is 5.77. The molecule has 0 radical (unpaired) electrons. The Balaban J connectivity index is 1.28. The molecule has 2 heterocycles. The first-order valence-electron chi connectivity index (χ1n) is 9.53. The molecule has 4 rings (SSSR count). The van der Waals surface area contributed by atoms with Gasteiger partial charge in [-0.05, 0) is 62.3 Å². The Bertz CT molecular complexity index is 903. The summed E-state index contributed by atoms with van der Waals surface area (Å²) in [5, 5.41) is 6.00. The van der Waals surface area contributed by atoms with Gasteiger partial charge in [0.15, 0.2) is 0 Å². The van der Waals surface area contributed by atoms with E-state index in [1.165, 1.54) is 12.8 Å². The van der Waals surface area contributed by atoms with Crippen molar-refractivity contribution in [1.29, 1.82) is 0 Å². The van der Waals surface area contributed by atoms with Crippen molar-refractivity contribution in [3.8, 4) is 11.5 Å². The zero-order valence-electron chi connectivity index (χ0n) is 15.6. The summed E-state index contributed by atoms with van der Waals surface area (Å²) in [5.74, 6) is 1.46. The van der Waals surface area contributed by atoms with Gasteiger partial charge in [-0.1, -0.05) is 18.2 Å². The summed E-state index contributed by atoms with van der Waals surface area (Å²) in [4.78, 5) is 19.4. The lowest BCUT2D eigenvalue weighted by molar-refractivity contribution is -0.115. The monoisotopic (exact) mass is 393 g/mol. The molecule has 5 nitrogen and oxygen atoms in total. The average Bonchev–Trinajstić information content (AvgIpc) is 3.37. The molecule has 144 valence electrons. The quantitative estimate of drug-likeness (QED) is 0.631. The molecule has 1 N–H and O–H groups in total. The van der Waals surface area contributed by atoms with Crippen molar-refractivity contribution >= 4 is 22.9 Å². The van der Waals surface area contributed by atoms with Gasteiger partial charge < -0.3 is 10.1 Å². The topological polar surface area (TPSA) is 54.5 Å². The Morgan fingerprint density at radius 3 is 2.50 bits per heavy atom. The number of nitrogens with zero attached hydrogens (tertiary/aromatic N) is 2. The molecule has 6 heteroatoms. The smallest absolute Gasteiger partial charge is 0.230 e. The number of hydrogen-bond acceptors (Lipinski definition) is 5. The van der Waals surface area contributed by atoms with Crippen molar-refractivity contribution in [2.75, 3.05) is 18.4 Å². The zero-order chi connectivity index (χ0) is 19.2. The fraction of sp³-hybridized carbons (Fsp3) is 0.273. The normalized spacial score (nSPS) is 14.1. The van der Waals surface area contributed by atoms with E-state index >= 15 is 0 Å². The number of ether oxygens (including phenoxy) is 1. The van der Waals surface area contributed by atoms with Gasteiger partial charge in [-0.3, -0.25) is 9.69 Å². The maximum atomic E-state index is 12.3. The van der Waals surface area contributed by atoms with Gasteiger partial charge in [0.05, 0.1) is 18.7 Å². The minimum absolute atomic E-state index is 0.0604. The van der Waals surface area contributed by atoms with Crippen molar-refractivity contribution in [3.05, 3.63) is 70.7 Å². The number of benzene rings is 2. The van der Waals surface area contributed by atoms with E-state index in [1.807, 2.05) is 60.0 Å². The van der Waals surface area contributed by atoms with Crippen LogP contribution in [0.2, 0.25) is 0 Å². The third-order valence-electron chi connectivity index (χ3n) is 4.62. The maximum Gasteiger partial charge on any atom is 0.230 e. The zero-order valence-corrected chi connectivity index (χ0v) is 16.5. The number of nitrogens with one attached hydrogen (secondary N) is 1. The van der Waals surface area contributed by atoms with Crippen LogP contribution in [0.4, 0.5) is 5.69 Å². The van der Waals surface area contributed by atoms with Gasteiger partial charge in [0, 0.05) is 11.1 Å². The Kier molecular flexibility index (Phi) is 5.99. The molecular formula is C22H23N3O2S. The lowest BCUT2D eigenvalue weighted by Crippen LogP contribution is -2.18. The number of para-hydroxylation sites is 1. The van der Waals surface area contributed by atoms with Crippen LogP contribution >= 0.6 is 11.3 Å². The Morgan fingerprint density at radius 1 is 1.04 bits per heavy atom. The van der Waals surface area contributed by atoms with Gasteiger partial charge in [-0.15, -0.1) is 11.3 Å². The van der Waals surface area contributed by atoms with E-state index in [0.717, 1.165) is 47.5 Å². The van der Waals surface area contributed by atoms with E-state index < -0.39 is 0 Å². The molecule has 1 aliphatic rings. The Labute approximate surface area is 169 Å². The van der Waals surface area contributed by atoms with Gasteiger partial charge in [-0.25, -0.2) is 4.98 Å². The summed E-state index contributed by atoms with van der Waals surface area (Å²) in [6.45, 7) is 3.20. The number of rotatable bonds is 7. The molecular weight excluding hydrogens is 370 g/mol. The van der Waals surface area contributed by atoms with Crippen LogP contribution in [0, 0.1) is 0 Å². The number of thiazole rings is 1. The van der Waals surface area contributed by atoms with Crippen molar-refractivity contribution in [2.45, 2.75) is 25.8 Å². The van der Waals surface area contributed by atoms with Crippen LogP contribution in [0.3, 0.4) is 0 Å². The highest BCUT2D eigenvalue weighted by atomic mass is 32.1. The first-order chi connectivity index (χ1) is 13.7. The van der Waals surface area contributed by atoms with Crippen LogP contribution < -0.4 is 10.1 Å². The summed E-state index contributed by atoms with van der Waals surface area (Å²) in [6.07, 6.45) is 2.84. The Hall–Kier alpha value is -2.70. The van der Waals surface area contributed by atoms with E-state index in [1.54, 1.807) is 11.3 Å². The molecule has 0 unspecified atom stereocenters. The third kappa shape index (κ3) is 5.18. The number of carbonyl (C=O) groups excluding carboxylic acids is 1. The van der Waals surface area contributed by atoms with Crippen LogP contribution in [-0.4, -0.2) is 28.9 Å². The predicted molar refractivity (Wildman–Crippen MR) is 112 cm³/mol. The summed E-state index contributed by atoms with van der Waals surface area (Å²) in [5.41, 5.74) is 1.58. The van der Waals surface area contributed by atoms with Gasteiger partial charge in [-0.2, -0.15) is 0 Å². The minimum atomic E-state index is -0.0604. The molecule has 2 aromatic carbocycles. The molecule has 0 saturated carbocycles. The molecule has 0 atom stereocenters. The predicted octanol–water partition coefficient (Wildman–Crippen LogP) is 4.71. The van der Waals surface area contributed by atoms with Crippen LogP contribution in [0.5, 0.6) is 11.5 Å². The number of hydrogen-bond donors (Lipinski definition) is 1. The lowest BCUT2D eigenvalue weighted by atomic mass is 10.2. The van der Waals surface area contributed by atoms with Gasteiger partial charge in [0.1, 0.15) is 16.5 Å². The van der Waals surface area contributed by atoms with Crippen molar-refractivity contribution < 1.29 is 9.53 Å². The van der Waals surface area contributed by atoms with E-state index in [-0.39, 0.29) is 5.91 Å². The first-order valence-corrected chi connectivity index (χ1v) is 10.4. The molecule has 0 aliphatic carbocycles. The highest BCUT2D eigenvalue weighted by Gasteiger charge is 2.14. The molecule has 28 heavy (non-hydrogen) atoms. The standard InChI is InChI=1S/C22H23N3O2S/c26-21(14-18-16-28-22(24-18)15-25-12-4-5-13-25)23-17-8-10-20(11-9-17)27-19-6-2-1-3-7-19/h1-3,6-11,16H,4-5,12-15H2,(H,23,26). The van der Waals surface area contributed by atoms with Crippen LogP contribution in [0.15, 0.2) is 60.0 Å². The molecule has 1 aromatic heterocycles. The first kappa shape index (κ1) is 18.7. The second-order valence-electron chi connectivity index (χ2n) is 6.88.